The van der Waals surface area contributed by atoms with Crippen molar-refractivity contribution in [3.63, 3.8) is 0 Å². The molecule has 5 aliphatic rings. The molecule has 1 aliphatic heterocycles. The summed E-state index contributed by atoms with van der Waals surface area (Å²) >= 11 is 0. The first-order chi connectivity index (χ1) is 10.7. The zero-order chi connectivity index (χ0) is 14.9. The van der Waals surface area contributed by atoms with E-state index in [1.807, 2.05) is 18.2 Å². The first-order valence-corrected chi connectivity index (χ1v) is 8.60. The molecule has 0 aromatic heterocycles. The molecule has 4 fully saturated rings. The monoisotopic (exact) mass is 295 g/mol. The number of rotatable bonds is 0. The van der Waals surface area contributed by atoms with E-state index in [0.29, 0.717) is 29.5 Å². The van der Waals surface area contributed by atoms with Crippen molar-refractivity contribution in [3.05, 3.63) is 35.4 Å². The molecule has 0 radical (unpaired) electrons. The second-order valence-electron chi connectivity index (χ2n) is 7.90. The number of Topliss-reactive ketones (excluding diaryl/α,β-unsaturated/α-hetero) is 1. The smallest absolute Gasteiger partial charge is 0.252 e. The Hall–Kier alpha value is -1.64. The van der Waals surface area contributed by atoms with Crippen molar-refractivity contribution in [3.8, 4) is 0 Å². The third kappa shape index (κ3) is 1.47. The molecular formula is C19H21NO2. The molecular weight excluding hydrogens is 274 g/mol. The van der Waals surface area contributed by atoms with Gasteiger partial charge in [0.25, 0.3) is 5.91 Å². The molecule has 0 saturated heterocycles. The molecule has 1 aromatic carbocycles. The summed E-state index contributed by atoms with van der Waals surface area (Å²) in [6.07, 6.45) is 6.14. The fraction of sp³-hybridized carbons (Fsp3) is 0.579. The van der Waals surface area contributed by atoms with Gasteiger partial charge in [0.05, 0.1) is 11.0 Å². The second kappa shape index (κ2) is 4.21. The molecule has 6 rings (SSSR count). The van der Waals surface area contributed by atoms with E-state index in [0.717, 1.165) is 11.8 Å². The van der Waals surface area contributed by atoms with Gasteiger partial charge in [-0.1, -0.05) is 18.2 Å². The van der Waals surface area contributed by atoms with E-state index < -0.39 is 0 Å². The average molecular weight is 295 g/mol. The van der Waals surface area contributed by atoms with E-state index in [2.05, 4.69) is 5.32 Å². The summed E-state index contributed by atoms with van der Waals surface area (Å²) in [6.45, 7) is 0.550. The lowest BCUT2D eigenvalue weighted by Crippen LogP contribution is -2.60. The largest absolute Gasteiger partial charge is 0.351 e. The van der Waals surface area contributed by atoms with Crippen LogP contribution in [0.25, 0.3) is 0 Å². The number of amides is 1. The van der Waals surface area contributed by atoms with Crippen LogP contribution in [0.5, 0.6) is 0 Å². The first-order valence-electron chi connectivity index (χ1n) is 8.60. The van der Waals surface area contributed by atoms with Gasteiger partial charge in [-0.2, -0.15) is 0 Å². The number of hydrogen-bond donors (Lipinski definition) is 1. The summed E-state index contributed by atoms with van der Waals surface area (Å²) in [5, 5.41) is 3.09. The van der Waals surface area contributed by atoms with Crippen molar-refractivity contribution in [1.82, 2.24) is 5.32 Å². The number of hydrogen-bond acceptors (Lipinski definition) is 2. The van der Waals surface area contributed by atoms with Crippen molar-refractivity contribution in [2.45, 2.75) is 32.1 Å². The summed E-state index contributed by atoms with van der Waals surface area (Å²) in [6, 6.07) is 7.38. The topological polar surface area (TPSA) is 46.2 Å². The highest BCUT2D eigenvalue weighted by atomic mass is 16.2. The standard InChI is InChI=1S/C19H21NO2/c21-17-15-3-1-2-4-16(15)18(22)20-10-19(17)13-6-11-5-12(8-13)9-14(19)7-11/h1-4,11-14H,5-10H2,(H,20,22). The van der Waals surface area contributed by atoms with Crippen LogP contribution in [0.4, 0.5) is 0 Å². The molecule has 4 aliphatic carbocycles. The molecule has 3 heteroatoms. The van der Waals surface area contributed by atoms with Gasteiger partial charge >= 0.3 is 0 Å². The SMILES string of the molecule is O=C1NCC2(C(=O)c3ccccc31)C1CC3CC(C1)CC2C3. The van der Waals surface area contributed by atoms with Crippen LogP contribution in [0, 0.1) is 29.1 Å². The van der Waals surface area contributed by atoms with Gasteiger partial charge in [0.1, 0.15) is 0 Å². The lowest BCUT2D eigenvalue weighted by molar-refractivity contribution is -0.0826. The Morgan fingerprint density at radius 2 is 1.45 bits per heavy atom. The number of carbonyl (C=O) groups excluding carboxylic acids is 2. The van der Waals surface area contributed by atoms with Crippen molar-refractivity contribution in [2.24, 2.45) is 29.1 Å². The Kier molecular flexibility index (Phi) is 2.46. The van der Waals surface area contributed by atoms with Gasteiger partial charge in [-0.05, 0) is 61.8 Å². The molecule has 4 bridgehead atoms. The van der Waals surface area contributed by atoms with Gasteiger partial charge in [-0.3, -0.25) is 9.59 Å². The van der Waals surface area contributed by atoms with Crippen molar-refractivity contribution < 1.29 is 9.59 Å². The number of benzene rings is 1. The van der Waals surface area contributed by atoms with Gasteiger partial charge in [-0.25, -0.2) is 0 Å². The van der Waals surface area contributed by atoms with Gasteiger partial charge in [0, 0.05) is 12.1 Å². The van der Waals surface area contributed by atoms with Gasteiger partial charge in [0.15, 0.2) is 5.78 Å². The molecule has 1 amide bonds. The van der Waals surface area contributed by atoms with Gasteiger partial charge < -0.3 is 5.32 Å². The number of carbonyl (C=O) groups is 2. The van der Waals surface area contributed by atoms with E-state index in [-0.39, 0.29) is 17.1 Å². The van der Waals surface area contributed by atoms with Crippen molar-refractivity contribution in [2.75, 3.05) is 6.54 Å². The van der Waals surface area contributed by atoms with Gasteiger partial charge in [0.2, 0.25) is 0 Å². The number of nitrogens with one attached hydrogen (secondary N) is 1. The number of ketones is 1. The van der Waals surface area contributed by atoms with Crippen LogP contribution in [0.1, 0.15) is 52.8 Å². The minimum absolute atomic E-state index is 0.0744. The summed E-state index contributed by atoms with van der Waals surface area (Å²) in [5.74, 6) is 2.78. The zero-order valence-corrected chi connectivity index (χ0v) is 12.7. The number of fused-ring (bicyclic) bond motifs is 1. The summed E-state index contributed by atoms with van der Waals surface area (Å²) in [5.41, 5.74) is 0.901. The molecule has 114 valence electrons. The van der Waals surface area contributed by atoms with Crippen LogP contribution in [-0.2, 0) is 0 Å². The van der Waals surface area contributed by atoms with Gasteiger partial charge in [-0.15, -0.1) is 0 Å². The highest BCUT2D eigenvalue weighted by Gasteiger charge is 2.61. The first kappa shape index (κ1) is 12.9. The Labute approximate surface area is 130 Å². The van der Waals surface area contributed by atoms with Crippen molar-refractivity contribution >= 4 is 11.7 Å². The fourth-order valence-corrected chi connectivity index (χ4v) is 6.22. The highest BCUT2D eigenvalue weighted by molar-refractivity contribution is 6.12. The molecule has 1 aromatic rings. The lowest BCUT2D eigenvalue weighted by atomic mass is 9.44. The fourth-order valence-electron chi connectivity index (χ4n) is 6.22. The van der Waals surface area contributed by atoms with E-state index >= 15 is 0 Å². The van der Waals surface area contributed by atoms with Crippen LogP contribution < -0.4 is 5.32 Å². The Morgan fingerprint density at radius 1 is 0.864 bits per heavy atom. The van der Waals surface area contributed by atoms with E-state index in [4.69, 9.17) is 0 Å². The maximum Gasteiger partial charge on any atom is 0.252 e. The van der Waals surface area contributed by atoms with Crippen LogP contribution in [0.3, 0.4) is 0 Å². The predicted octanol–water partition coefficient (Wildman–Crippen LogP) is 3.06. The Balaban J connectivity index is 1.67. The van der Waals surface area contributed by atoms with Crippen molar-refractivity contribution in [1.29, 1.82) is 0 Å². The normalized spacial score (nSPS) is 42.2. The molecule has 22 heavy (non-hydrogen) atoms. The molecule has 1 heterocycles. The zero-order valence-electron chi connectivity index (χ0n) is 12.7. The van der Waals surface area contributed by atoms with E-state index in [9.17, 15) is 9.59 Å². The second-order valence-corrected chi connectivity index (χ2v) is 7.90. The summed E-state index contributed by atoms with van der Waals surface area (Å²) in [4.78, 5) is 25.9. The Bertz CT molecular complexity index is 650. The average Bonchev–Trinajstić information content (AvgIpc) is 2.63. The van der Waals surface area contributed by atoms with E-state index in [1.54, 1.807) is 6.07 Å². The maximum absolute atomic E-state index is 13.5. The minimum atomic E-state index is -0.324. The quantitative estimate of drug-likeness (QED) is 0.799. The van der Waals surface area contributed by atoms with Crippen LogP contribution >= 0.6 is 0 Å². The Morgan fingerprint density at radius 3 is 2.09 bits per heavy atom. The highest BCUT2D eigenvalue weighted by Crippen LogP contribution is 2.63. The predicted molar refractivity (Wildman–Crippen MR) is 82.6 cm³/mol. The third-order valence-corrected chi connectivity index (χ3v) is 6.98. The summed E-state index contributed by atoms with van der Waals surface area (Å²) < 4.78 is 0. The molecule has 0 atom stereocenters. The third-order valence-electron chi connectivity index (χ3n) is 6.98. The molecule has 4 saturated carbocycles. The lowest BCUT2D eigenvalue weighted by Gasteiger charge is -2.60. The molecule has 1 spiro atoms. The van der Waals surface area contributed by atoms with Crippen LogP contribution in [-0.4, -0.2) is 18.2 Å². The van der Waals surface area contributed by atoms with E-state index in [1.165, 1.54) is 32.1 Å². The minimum Gasteiger partial charge on any atom is -0.351 e. The maximum atomic E-state index is 13.5. The molecule has 0 unspecified atom stereocenters. The van der Waals surface area contributed by atoms with Crippen LogP contribution in [0.15, 0.2) is 24.3 Å². The molecule has 3 nitrogen and oxygen atoms in total. The molecule has 1 N–H and O–H groups in total. The summed E-state index contributed by atoms with van der Waals surface area (Å²) in [7, 11) is 0. The van der Waals surface area contributed by atoms with Crippen LogP contribution in [0.2, 0.25) is 0 Å².